The third-order valence-electron chi connectivity index (χ3n) is 5.35. The fraction of sp³-hybridized carbons (Fsp3) is 0.333. The number of hydrogen-bond donors (Lipinski definition) is 3. The topological polar surface area (TPSA) is 158 Å². The smallest absolute Gasteiger partial charge is 0.393 e. The molecule has 2 bridgehead atoms. The number of imidazole rings is 1. The number of rotatable bonds is 6. The lowest BCUT2D eigenvalue weighted by molar-refractivity contribution is -0.184. The van der Waals surface area contributed by atoms with Gasteiger partial charge in [-0.1, -0.05) is 18.2 Å². The van der Waals surface area contributed by atoms with E-state index in [0.29, 0.717) is 16.7 Å². The van der Waals surface area contributed by atoms with E-state index in [1.807, 2.05) is 6.07 Å². The normalized spacial score (nSPS) is 27.5. The Morgan fingerprint density at radius 1 is 1.32 bits per heavy atom. The molecule has 13 heteroatoms. The first-order chi connectivity index (χ1) is 15.0. The molecule has 5 rings (SSSR count). The Kier molecular flexibility index (Phi) is 4.97. The zero-order chi connectivity index (χ0) is 21.6. The van der Waals surface area contributed by atoms with Crippen molar-refractivity contribution in [2.24, 2.45) is 0 Å². The summed E-state index contributed by atoms with van der Waals surface area (Å²) in [7, 11) is -2.93. The van der Waals surface area contributed by atoms with Crippen LogP contribution in [0.1, 0.15) is 16.6 Å². The van der Waals surface area contributed by atoms with Gasteiger partial charge in [-0.2, -0.15) is 0 Å². The molecule has 1 amide bonds. The van der Waals surface area contributed by atoms with E-state index in [0.717, 1.165) is 0 Å². The molecule has 0 radical (unpaired) electrons. The van der Waals surface area contributed by atoms with Gasteiger partial charge in [0, 0.05) is 10.1 Å². The molecule has 31 heavy (non-hydrogen) atoms. The molecule has 2 saturated heterocycles. The maximum Gasteiger partial charge on any atom is 0.695 e. The number of hydrogen-bond acceptors (Lipinski definition) is 9. The van der Waals surface area contributed by atoms with Crippen molar-refractivity contribution in [3.8, 4) is 0 Å². The number of anilines is 1. The summed E-state index contributed by atoms with van der Waals surface area (Å²) in [4.78, 5) is 34.4. The zero-order valence-electron chi connectivity index (χ0n) is 15.9. The van der Waals surface area contributed by atoms with Crippen LogP contribution in [-0.4, -0.2) is 66.4 Å². The van der Waals surface area contributed by atoms with Gasteiger partial charge in [0.25, 0.3) is 5.91 Å². The second-order valence-corrected chi connectivity index (χ2v) is 7.82. The summed E-state index contributed by atoms with van der Waals surface area (Å²) in [5.41, 5.74) is -0.153. The number of aliphatic hydroxyl groups is 1. The highest BCUT2D eigenvalue weighted by molar-refractivity contribution is 7.32. The molecule has 12 nitrogen and oxygen atoms in total. The van der Waals surface area contributed by atoms with Crippen molar-refractivity contribution >= 4 is 31.1 Å². The monoisotopic (exact) mass is 446 g/mol. The van der Waals surface area contributed by atoms with E-state index in [1.54, 1.807) is 28.8 Å². The molecule has 2 aliphatic rings. The van der Waals surface area contributed by atoms with Crippen LogP contribution in [0.15, 0.2) is 43.0 Å². The first-order valence-electron chi connectivity index (χ1n) is 9.29. The summed E-state index contributed by atoms with van der Waals surface area (Å²) in [5.74, 6) is -0.140. The first-order valence-corrected chi connectivity index (χ1v) is 10.4. The van der Waals surface area contributed by atoms with Crippen molar-refractivity contribution in [2.75, 3.05) is 18.5 Å². The number of fused-ring (bicyclic) bond motifs is 3. The number of carbonyl (C=O) groups is 1. The van der Waals surface area contributed by atoms with Crippen molar-refractivity contribution < 1.29 is 33.4 Å². The molecular weight excluding hydrogens is 429 g/mol. The number of amides is 1. The van der Waals surface area contributed by atoms with Crippen molar-refractivity contribution in [3.05, 3.63) is 48.5 Å². The second-order valence-electron chi connectivity index (χ2n) is 7.14. The van der Waals surface area contributed by atoms with E-state index in [2.05, 4.69) is 20.3 Å². The average molecular weight is 446 g/mol. The minimum atomic E-state index is -2.93. The number of carbonyl (C=O) groups excluding carboxylic acids is 1. The summed E-state index contributed by atoms with van der Waals surface area (Å²) in [6.45, 7) is -0.452. The predicted molar refractivity (Wildman–Crippen MR) is 104 cm³/mol. The molecule has 2 aliphatic heterocycles. The lowest BCUT2D eigenvalue weighted by Gasteiger charge is -2.29. The van der Waals surface area contributed by atoms with Crippen LogP contribution in [0.2, 0.25) is 0 Å². The summed E-state index contributed by atoms with van der Waals surface area (Å²) < 4.78 is 29.6. The Balaban J connectivity index is 1.47. The Labute approximate surface area is 175 Å². The highest BCUT2D eigenvalue weighted by atomic mass is 31.1. The predicted octanol–water partition coefficient (Wildman–Crippen LogP) is 0.772. The third kappa shape index (κ3) is 3.30. The van der Waals surface area contributed by atoms with Gasteiger partial charge in [0.1, 0.15) is 12.4 Å². The molecule has 2 fully saturated rings. The van der Waals surface area contributed by atoms with Crippen LogP contribution in [0.5, 0.6) is 0 Å². The van der Waals surface area contributed by atoms with E-state index in [9.17, 15) is 19.4 Å². The van der Waals surface area contributed by atoms with Gasteiger partial charge in [0.05, 0.1) is 19.5 Å². The molecule has 0 aliphatic carbocycles. The van der Waals surface area contributed by atoms with Crippen molar-refractivity contribution in [1.29, 1.82) is 0 Å². The van der Waals surface area contributed by atoms with E-state index >= 15 is 0 Å². The third-order valence-corrected chi connectivity index (χ3v) is 5.75. The van der Waals surface area contributed by atoms with Crippen LogP contribution >= 0.6 is 8.25 Å². The summed E-state index contributed by atoms with van der Waals surface area (Å²) in [5, 5.41) is 12.6. The van der Waals surface area contributed by atoms with Gasteiger partial charge >= 0.3 is 8.25 Å². The van der Waals surface area contributed by atoms with Crippen LogP contribution in [0.3, 0.4) is 0 Å². The lowest BCUT2D eigenvalue weighted by atomic mass is 10.0. The Hall–Kier alpha value is -2.86. The number of ether oxygens (including phenoxy) is 2. The molecule has 3 N–H and O–H groups in total. The maximum absolute atomic E-state index is 12.5. The second kappa shape index (κ2) is 7.68. The minimum Gasteiger partial charge on any atom is -0.393 e. The molecular formula is C18H17N5O7P+. The van der Waals surface area contributed by atoms with Gasteiger partial charge in [-0.25, -0.2) is 15.0 Å². The minimum absolute atomic E-state index is 0.0124. The summed E-state index contributed by atoms with van der Waals surface area (Å²) >= 11 is 0. The maximum atomic E-state index is 12.5. The van der Waals surface area contributed by atoms with Crippen LogP contribution in [0.4, 0.5) is 5.82 Å². The fourth-order valence-corrected chi connectivity index (χ4v) is 4.39. The molecule has 1 aromatic carbocycles. The van der Waals surface area contributed by atoms with Gasteiger partial charge in [0.2, 0.25) is 0 Å². The lowest BCUT2D eigenvalue weighted by Crippen LogP contribution is -2.44. The highest BCUT2D eigenvalue weighted by Gasteiger charge is 2.66. The number of nitrogens with zero attached hydrogens (tertiary/aromatic N) is 4. The van der Waals surface area contributed by atoms with E-state index in [-0.39, 0.29) is 18.3 Å². The molecule has 5 atom stereocenters. The van der Waals surface area contributed by atoms with Crippen LogP contribution in [0, 0.1) is 0 Å². The van der Waals surface area contributed by atoms with E-state index < -0.39 is 38.9 Å². The fourth-order valence-electron chi connectivity index (χ4n) is 3.89. The largest absolute Gasteiger partial charge is 0.695 e. The van der Waals surface area contributed by atoms with Crippen molar-refractivity contribution in [3.63, 3.8) is 0 Å². The van der Waals surface area contributed by atoms with Crippen molar-refractivity contribution in [1.82, 2.24) is 19.5 Å². The molecule has 160 valence electrons. The van der Waals surface area contributed by atoms with Gasteiger partial charge in [0.15, 0.2) is 34.9 Å². The molecule has 2 aromatic heterocycles. The summed E-state index contributed by atoms with van der Waals surface area (Å²) in [6.07, 6.45) is 0.169. The molecule has 1 unspecified atom stereocenters. The highest BCUT2D eigenvalue weighted by Crippen LogP contribution is 2.49. The van der Waals surface area contributed by atoms with E-state index in [1.165, 1.54) is 12.7 Å². The number of nitrogens with one attached hydrogen (secondary N) is 1. The average Bonchev–Trinajstić information content (AvgIpc) is 3.44. The van der Waals surface area contributed by atoms with Gasteiger partial charge < -0.3 is 19.9 Å². The van der Waals surface area contributed by atoms with Crippen LogP contribution in [-0.2, 0) is 18.6 Å². The van der Waals surface area contributed by atoms with Gasteiger partial charge in [-0.05, 0) is 12.1 Å². The van der Waals surface area contributed by atoms with E-state index in [4.69, 9.17) is 14.0 Å². The van der Waals surface area contributed by atoms with Crippen LogP contribution < -0.4 is 5.32 Å². The number of aromatic nitrogens is 4. The van der Waals surface area contributed by atoms with Crippen molar-refractivity contribution in [2.45, 2.75) is 24.0 Å². The Morgan fingerprint density at radius 3 is 2.87 bits per heavy atom. The van der Waals surface area contributed by atoms with Gasteiger partial charge in [-0.3, -0.25) is 9.36 Å². The quantitative estimate of drug-likeness (QED) is 0.462. The van der Waals surface area contributed by atoms with Crippen LogP contribution in [0.25, 0.3) is 11.2 Å². The first kappa shape index (κ1) is 20.1. The number of aliphatic hydroxyl groups excluding tert-OH is 1. The zero-order valence-corrected chi connectivity index (χ0v) is 16.8. The molecule has 4 heterocycles. The Morgan fingerprint density at radius 2 is 2.13 bits per heavy atom. The summed E-state index contributed by atoms with van der Waals surface area (Å²) in [6, 6.07) is 8.66. The molecule has 3 aromatic rings. The molecule has 0 spiro atoms. The number of benzene rings is 1. The standard InChI is InChI=1S/C18H16N5O7P/c24-6-18-7-28-12(13(18)30-31(26)27)17(29-18)23-9-21-11-14(19-8-20-15(11)23)22-16(25)10-4-2-1-3-5-10/h1-5,8-9,12-13,17,24H,6-7H2,(H-,19,20,22,25,26,27)/p+1/t12-,13+,17-,18+/m1/s1. The molecule has 0 saturated carbocycles. The Bertz CT molecular complexity index is 1160. The van der Waals surface area contributed by atoms with Gasteiger partial charge in [-0.15, -0.1) is 9.42 Å². The SMILES string of the molecule is O=C(Nc1ncnc2c1ncn2[C@@H]1O[C@@]2(CO)CO[C@@H]1[C@@H]2O[P+](=O)O)c1ccccc1.